The Morgan fingerprint density at radius 2 is 2.14 bits per heavy atom. The summed E-state index contributed by atoms with van der Waals surface area (Å²) in [4.78, 5) is 12.6. The second kappa shape index (κ2) is 7.33. The molecule has 3 nitrogen and oxygen atoms in total. The molecule has 0 aliphatic carbocycles. The maximum atomic E-state index is 13.8. The SMILES string of the molecule is CCc1ccsc1CNCc1ccc(C(=O)OC)c(F)c1. The van der Waals surface area contributed by atoms with Gasteiger partial charge < -0.3 is 10.1 Å². The highest BCUT2D eigenvalue weighted by molar-refractivity contribution is 7.10. The van der Waals surface area contributed by atoms with E-state index in [4.69, 9.17) is 0 Å². The van der Waals surface area contributed by atoms with Crippen molar-refractivity contribution in [2.45, 2.75) is 26.4 Å². The lowest BCUT2D eigenvalue weighted by Crippen LogP contribution is -2.13. The number of aryl methyl sites for hydroxylation is 1. The Hall–Kier alpha value is -1.72. The number of methoxy groups -OCH3 is 1. The molecule has 1 aromatic heterocycles. The van der Waals surface area contributed by atoms with Gasteiger partial charge in [-0.05, 0) is 41.1 Å². The third-order valence-electron chi connectivity index (χ3n) is 3.27. The van der Waals surface area contributed by atoms with Crippen LogP contribution in [0, 0.1) is 5.82 Å². The van der Waals surface area contributed by atoms with E-state index in [1.54, 1.807) is 17.4 Å². The van der Waals surface area contributed by atoms with Crippen molar-refractivity contribution in [3.8, 4) is 0 Å². The molecule has 1 heterocycles. The summed E-state index contributed by atoms with van der Waals surface area (Å²) in [5, 5.41) is 5.38. The maximum absolute atomic E-state index is 13.8. The van der Waals surface area contributed by atoms with Crippen LogP contribution in [0.1, 0.15) is 33.3 Å². The average molecular weight is 307 g/mol. The fourth-order valence-electron chi connectivity index (χ4n) is 2.10. The standard InChI is InChI=1S/C16H18FNO2S/c1-3-12-6-7-21-15(12)10-18-9-11-4-5-13(14(17)8-11)16(19)20-2/h4-8,18H,3,9-10H2,1-2H3. The summed E-state index contributed by atoms with van der Waals surface area (Å²) in [7, 11) is 1.24. The minimum Gasteiger partial charge on any atom is -0.465 e. The van der Waals surface area contributed by atoms with E-state index in [0.29, 0.717) is 6.54 Å². The molecule has 0 amide bonds. The molecular formula is C16H18FNO2S. The first kappa shape index (κ1) is 15.7. The number of thiophene rings is 1. The fraction of sp³-hybridized carbons (Fsp3) is 0.312. The summed E-state index contributed by atoms with van der Waals surface area (Å²) in [6, 6.07) is 6.69. The van der Waals surface area contributed by atoms with Crippen LogP contribution in [0.3, 0.4) is 0 Å². The number of esters is 1. The Morgan fingerprint density at radius 1 is 1.33 bits per heavy atom. The van der Waals surface area contributed by atoms with Crippen LogP contribution in [0.15, 0.2) is 29.6 Å². The van der Waals surface area contributed by atoms with Gasteiger partial charge in [0.05, 0.1) is 12.7 Å². The Balaban J connectivity index is 1.95. The second-order valence-corrected chi connectivity index (χ2v) is 5.63. The van der Waals surface area contributed by atoms with Gasteiger partial charge in [0.1, 0.15) is 5.82 Å². The van der Waals surface area contributed by atoms with Crippen LogP contribution in [0.5, 0.6) is 0 Å². The van der Waals surface area contributed by atoms with Crippen molar-refractivity contribution < 1.29 is 13.9 Å². The first-order valence-electron chi connectivity index (χ1n) is 6.78. The third kappa shape index (κ3) is 3.89. The quantitative estimate of drug-likeness (QED) is 0.830. The molecule has 0 atom stereocenters. The van der Waals surface area contributed by atoms with Crippen molar-refractivity contribution in [2.75, 3.05) is 7.11 Å². The summed E-state index contributed by atoms with van der Waals surface area (Å²) in [6.45, 7) is 3.45. The summed E-state index contributed by atoms with van der Waals surface area (Å²) < 4.78 is 18.3. The highest BCUT2D eigenvalue weighted by Gasteiger charge is 2.12. The molecule has 0 unspecified atom stereocenters. The van der Waals surface area contributed by atoms with Gasteiger partial charge in [0.25, 0.3) is 0 Å². The first-order chi connectivity index (χ1) is 10.2. The maximum Gasteiger partial charge on any atom is 0.340 e. The molecule has 1 N–H and O–H groups in total. The number of ether oxygens (including phenoxy) is 1. The molecule has 112 valence electrons. The Morgan fingerprint density at radius 3 is 2.81 bits per heavy atom. The van der Waals surface area contributed by atoms with Gasteiger partial charge in [0, 0.05) is 18.0 Å². The third-order valence-corrected chi connectivity index (χ3v) is 4.24. The van der Waals surface area contributed by atoms with Crippen LogP contribution in [-0.2, 0) is 24.2 Å². The molecule has 0 aliphatic heterocycles. The number of rotatable bonds is 6. The number of halogens is 1. The van der Waals surface area contributed by atoms with E-state index in [0.717, 1.165) is 18.5 Å². The number of nitrogens with one attached hydrogen (secondary N) is 1. The average Bonchev–Trinajstić information content (AvgIpc) is 2.94. The number of benzene rings is 1. The number of hydrogen-bond acceptors (Lipinski definition) is 4. The fourth-order valence-corrected chi connectivity index (χ4v) is 3.05. The summed E-state index contributed by atoms with van der Waals surface area (Å²) in [6.07, 6.45) is 1.02. The molecule has 21 heavy (non-hydrogen) atoms. The lowest BCUT2D eigenvalue weighted by Gasteiger charge is -2.07. The molecule has 0 saturated carbocycles. The predicted molar refractivity (Wildman–Crippen MR) is 82.0 cm³/mol. The Labute approximate surface area is 127 Å². The van der Waals surface area contributed by atoms with Crippen LogP contribution in [0.2, 0.25) is 0 Å². The largest absolute Gasteiger partial charge is 0.465 e. The van der Waals surface area contributed by atoms with Crippen LogP contribution < -0.4 is 5.32 Å². The number of hydrogen-bond donors (Lipinski definition) is 1. The van der Waals surface area contributed by atoms with Crippen molar-refractivity contribution in [1.82, 2.24) is 5.32 Å². The van der Waals surface area contributed by atoms with E-state index in [-0.39, 0.29) is 5.56 Å². The zero-order valence-corrected chi connectivity index (χ0v) is 12.9. The van der Waals surface area contributed by atoms with E-state index in [1.165, 1.54) is 29.7 Å². The van der Waals surface area contributed by atoms with Crippen molar-refractivity contribution >= 4 is 17.3 Å². The van der Waals surface area contributed by atoms with E-state index in [9.17, 15) is 9.18 Å². The van der Waals surface area contributed by atoms with Gasteiger partial charge in [-0.3, -0.25) is 0 Å². The zero-order valence-electron chi connectivity index (χ0n) is 12.1. The molecule has 2 rings (SSSR count). The minimum absolute atomic E-state index is 0.0345. The van der Waals surface area contributed by atoms with Gasteiger partial charge >= 0.3 is 5.97 Å². The topological polar surface area (TPSA) is 38.3 Å². The van der Waals surface area contributed by atoms with Crippen LogP contribution in [0.25, 0.3) is 0 Å². The molecule has 0 spiro atoms. The normalized spacial score (nSPS) is 10.6. The van der Waals surface area contributed by atoms with Crippen LogP contribution in [-0.4, -0.2) is 13.1 Å². The smallest absolute Gasteiger partial charge is 0.340 e. The van der Waals surface area contributed by atoms with E-state index >= 15 is 0 Å². The van der Waals surface area contributed by atoms with Gasteiger partial charge in [0.15, 0.2) is 0 Å². The van der Waals surface area contributed by atoms with Crippen LogP contribution >= 0.6 is 11.3 Å². The molecule has 0 saturated heterocycles. The molecule has 0 aliphatic rings. The Kier molecular flexibility index (Phi) is 5.47. The zero-order chi connectivity index (χ0) is 15.2. The lowest BCUT2D eigenvalue weighted by molar-refractivity contribution is 0.0595. The number of carbonyl (C=O) groups excluding carboxylic acids is 1. The van der Waals surface area contributed by atoms with Crippen molar-refractivity contribution in [1.29, 1.82) is 0 Å². The van der Waals surface area contributed by atoms with Gasteiger partial charge in [-0.2, -0.15) is 0 Å². The minimum atomic E-state index is -0.654. The van der Waals surface area contributed by atoms with Crippen molar-refractivity contribution in [3.05, 3.63) is 57.0 Å². The molecule has 0 bridgehead atoms. The summed E-state index contributed by atoms with van der Waals surface area (Å²) >= 11 is 1.72. The molecule has 0 fully saturated rings. The number of carbonyl (C=O) groups is 1. The second-order valence-electron chi connectivity index (χ2n) is 4.63. The summed E-state index contributed by atoms with van der Waals surface area (Å²) in [5.41, 5.74) is 2.11. The van der Waals surface area contributed by atoms with Gasteiger partial charge in [-0.1, -0.05) is 13.0 Å². The lowest BCUT2D eigenvalue weighted by atomic mass is 10.1. The molecule has 1 aromatic carbocycles. The molecule has 2 aromatic rings. The monoisotopic (exact) mass is 307 g/mol. The van der Waals surface area contributed by atoms with Crippen molar-refractivity contribution in [3.63, 3.8) is 0 Å². The van der Waals surface area contributed by atoms with E-state index in [2.05, 4.69) is 28.4 Å². The molecular weight excluding hydrogens is 289 g/mol. The molecule has 5 heteroatoms. The molecule has 0 radical (unpaired) electrons. The first-order valence-corrected chi connectivity index (χ1v) is 7.66. The van der Waals surface area contributed by atoms with Crippen LogP contribution in [0.4, 0.5) is 4.39 Å². The van der Waals surface area contributed by atoms with Crippen molar-refractivity contribution in [2.24, 2.45) is 0 Å². The highest BCUT2D eigenvalue weighted by Crippen LogP contribution is 2.17. The highest BCUT2D eigenvalue weighted by atomic mass is 32.1. The van der Waals surface area contributed by atoms with E-state index < -0.39 is 11.8 Å². The Bertz CT molecular complexity index is 624. The van der Waals surface area contributed by atoms with Gasteiger partial charge in [0.2, 0.25) is 0 Å². The summed E-state index contributed by atoms with van der Waals surface area (Å²) in [5.74, 6) is -1.20. The van der Waals surface area contributed by atoms with Gasteiger partial charge in [-0.25, -0.2) is 9.18 Å². The van der Waals surface area contributed by atoms with Gasteiger partial charge in [-0.15, -0.1) is 11.3 Å². The van der Waals surface area contributed by atoms with E-state index in [1.807, 2.05) is 0 Å². The predicted octanol–water partition coefficient (Wildman–Crippen LogP) is 3.53.